The number of aromatic nitrogens is 2. The average Bonchev–Trinajstić information content (AvgIpc) is 2.96. The van der Waals surface area contributed by atoms with Gasteiger partial charge in [-0.15, -0.1) is 0 Å². The summed E-state index contributed by atoms with van der Waals surface area (Å²) in [4.78, 5) is 11.3. The van der Waals surface area contributed by atoms with E-state index in [1.54, 1.807) is 15.9 Å². The molecule has 50 heavy (non-hydrogen) atoms. The third kappa shape index (κ3) is 21.8. The molecule has 0 amide bonds. The van der Waals surface area contributed by atoms with Crippen LogP contribution in [0.15, 0.2) is 33.5 Å². The summed E-state index contributed by atoms with van der Waals surface area (Å²) in [6.45, 7) is 0.559. The van der Waals surface area contributed by atoms with Crippen LogP contribution in [0.25, 0.3) is 0 Å². The molecule has 2 saturated heterocycles. The first-order chi connectivity index (χ1) is 22.6. The Morgan fingerprint density at radius 3 is 1.58 bits per heavy atom. The fourth-order valence-corrected chi connectivity index (χ4v) is 5.93. The second-order valence-electron chi connectivity index (χ2n) is 11.6. The van der Waals surface area contributed by atoms with Gasteiger partial charge in [0.05, 0.1) is 31.3 Å². The number of rotatable bonds is 12. The van der Waals surface area contributed by atoms with Crippen LogP contribution in [0.5, 0.6) is 11.8 Å². The van der Waals surface area contributed by atoms with Crippen LogP contribution in [0.4, 0.5) is 28.9 Å². The Morgan fingerprint density at radius 1 is 0.800 bits per heavy atom. The number of alkyl halides is 4. The van der Waals surface area contributed by atoms with E-state index in [-0.39, 0.29) is 67.3 Å². The van der Waals surface area contributed by atoms with Crippen LogP contribution in [0, 0.1) is 31.1 Å². The Balaban J connectivity index is 0.000000438. The zero-order valence-corrected chi connectivity index (χ0v) is 37.2. The minimum absolute atomic E-state index is 0. The molecule has 4 heterocycles. The van der Waals surface area contributed by atoms with Crippen molar-refractivity contribution in [3.8, 4) is 11.8 Å². The van der Waals surface area contributed by atoms with E-state index in [2.05, 4.69) is 57.2 Å². The van der Waals surface area contributed by atoms with Crippen LogP contribution in [0.1, 0.15) is 38.5 Å². The number of likely N-dealkylation sites (tertiary alicyclic amines) is 2. The average molecular weight is 1130 g/mol. The summed E-state index contributed by atoms with van der Waals surface area (Å²) in [7, 11) is -2.27. The predicted octanol–water partition coefficient (Wildman–Crippen LogP) is 5.83. The van der Waals surface area contributed by atoms with E-state index in [0.29, 0.717) is 22.0 Å². The first-order valence-corrected chi connectivity index (χ1v) is 21.2. The molecule has 0 radical (unpaired) electrons. The van der Waals surface area contributed by atoms with E-state index >= 15 is 0 Å². The van der Waals surface area contributed by atoms with Crippen molar-refractivity contribution < 1.29 is 75.0 Å². The molecule has 4 rings (SSSR count). The van der Waals surface area contributed by atoms with Crippen molar-refractivity contribution >= 4 is 73.0 Å². The van der Waals surface area contributed by atoms with E-state index in [4.69, 9.17) is 15.2 Å². The smallest absolute Gasteiger partial charge is 0.293 e. The maximum Gasteiger partial charge on any atom is 0.293 e. The van der Waals surface area contributed by atoms with Crippen LogP contribution in [0.3, 0.4) is 0 Å². The van der Waals surface area contributed by atoms with Crippen molar-refractivity contribution in [2.75, 3.05) is 75.4 Å². The molecule has 2 aliphatic heterocycles. The number of ether oxygens (including phenoxy) is 2. The summed E-state index contributed by atoms with van der Waals surface area (Å²) in [5, 5.41) is 0. The number of halogens is 7. The van der Waals surface area contributed by atoms with Gasteiger partial charge in [0.15, 0.2) is 13.2 Å². The van der Waals surface area contributed by atoms with Crippen molar-refractivity contribution in [3.05, 3.63) is 33.5 Å². The van der Waals surface area contributed by atoms with Crippen molar-refractivity contribution in [3.63, 3.8) is 0 Å². The van der Waals surface area contributed by atoms with Gasteiger partial charge in [0, 0.05) is 63.1 Å². The molecule has 0 unspecified atom stereocenters. The third-order valence-corrected chi connectivity index (χ3v) is 8.06. The van der Waals surface area contributed by atoms with Crippen molar-refractivity contribution in [2.45, 2.75) is 50.4 Å². The Kier molecular flexibility index (Phi) is 20.7. The quantitative estimate of drug-likeness (QED) is 0.195. The monoisotopic (exact) mass is 1130 g/mol. The molecule has 2 aliphatic rings. The number of sulfonamides is 1. The molecule has 0 aromatic carbocycles. The predicted molar refractivity (Wildman–Crippen MR) is 189 cm³/mol. The molecule has 12 nitrogen and oxygen atoms in total. The SMILES string of the molecule is CS(=O)(=O)Cl.CS(=O)(=O)Nc1cc(Br)cnc1OCC(F)(F)CN1CCCCC1.Nc1cc(Br)cnc1OCC(F)(F)CN1CCCCC1.[U]. The van der Waals surface area contributed by atoms with Gasteiger partial charge >= 0.3 is 0 Å². The minimum atomic E-state index is -3.58. The molecule has 3 N–H and O–H groups in total. The summed E-state index contributed by atoms with van der Waals surface area (Å²) in [6, 6.07) is 2.98. The zero-order valence-electron chi connectivity index (χ0n) is 27.5. The number of hydrogen-bond acceptors (Lipinski definition) is 11. The van der Waals surface area contributed by atoms with Gasteiger partial charge < -0.3 is 15.2 Å². The zero-order chi connectivity index (χ0) is 36.9. The fourth-order valence-electron chi connectivity index (χ4n) is 4.71. The van der Waals surface area contributed by atoms with Crippen LogP contribution in [0.2, 0.25) is 0 Å². The van der Waals surface area contributed by atoms with Gasteiger partial charge in [-0.05, 0) is 95.9 Å². The largest absolute Gasteiger partial charge is 0.470 e. The van der Waals surface area contributed by atoms with Gasteiger partial charge in [-0.1, -0.05) is 12.8 Å². The number of pyridine rings is 2. The second kappa shape index (κ2) is 21.9. The number of nitrogen functional groups attached to an aromatic ring is 1. The number of nitrogens with one attached hydrogen (secondary N) is 1. The number of piperidine rings is 2. The molecular formula is C28H41Br2ClF4N6O6S2U. The molecule has 0 spiro atoms. The second-order valence-corrected chi connectivity index (χ2v) is 18.2. The molecule has 0 saturated carbocycles. The third-order valence-electron chi connectivity index (χ3n) is 6.61. The van der Waals surface area contributed by atoms with E-state index in [1.807, 2.05) is 0 Å². The standard InChI is InChI=1S/C14H20BrF2N3O3S.C13H18BrF2N3O.CH3ClO2S.U/c1-24(21,22)19-12-7-11(15)8-18-13(12)23-10-14(16,17)9-20-5-3-2-4-6-20;14-10-6-11(17)12(18-7-10)20-9-13(15,16)8-19-4-2-1-3-5-19;1-5(2,3)4;/h7-8,19H,2-6,9-10H2,1H3;6-7H,1-5,8-9,17H2;1H3;. The van der Waals surface area contributed by atoms with Gasteiger partial charge in [0.1, 0.15) is 5.69 Å². The maximum atomic E-state index is 14.1. The maximum absolute atomic E-state index is 14.1. The molecule has 22 heteroatoms. The van der Waals surface area contributed by atoms with E-state index < -0.39 is 44.1 Å². The Morgan fingerprint density at radius 2 is 1.18 bits per heavy atom. The Labute approximate surface area is 336 Å². The topological polar surface area (TPSA) is 157 Å². The Bertz CT molecular complexity index is 1550. The molecule has 0 aliphatic carbocycles. The first kappa shape index (κ1) is 47.4. The molecular weight excluding hydrogens is 1090 g/mol. The molecule has 284 valence electrons. The van der Waals surface area contributed by atoms with Crippen molar-refractivity contribution in [1.82, 2.24) is 19.8 Å². The van der Waals surface area contributed by atoms with Crippen LogP contribution in [-0.2, 0) is 19.1 Å². The van der Waals surface area contributed by atoms with Gasteiger partial charge in [-0.25, -0.2) is 44.4 Å². The van der Waals surface area contributed by atoms with Crippen molar-refractivity contribution in [2.24, 2.45) is 0 Å². The number of nitrogens with two attached hydrogens (primary N) is 1. The van der Waals surface area contributed by atoms with E-state index in [1.165, 1.54) is 18.5 Å². The first-order valence-electron chi connectivity index (χ1n) is 15.0. The summed E-state index contributed by atoms with van der Waals surface area (Å²) in [5.74, 6) is -6.08. The van der Waals surface area contributed by atoms with Crippen LogP contribution < -0.4 is 19.9 Å². The summed E-state index contributed by atoms with van der Waals surface area (Å²) in [6.07, 6.45) is 10.7. The van der Waals surface area contributed by atoms with Gasteiger partial charge in [0.2, 0.25) is 30.8 Å². The van der Waals surface area contributed by atoms with Crippen molar-refractivity contribution in [1.29, 1.82) is 0 Å². The summed E-state index contributed by atoms with van der Waals surface area (Å²) >= 11 is 6.35. The molecule has 2 aromatic heterocycles. The van der Waals surface area contributed by atoms with Gasteiger partial charge in [0.25, 0.3) is 11.8 Å². The van der Waals surface area contributed by atoms with Crippen LogP contribution >= 0.6 is 42.5 Å². The van der Waals surface area contributed by atoms with Crippen LogP contribution in [-0.4, -0.2) is 113 Å². The van der Waals surface area contributed by atoms with E-state index in [9.17, 15) is 34.4 Å². The number of anilines is 2. The molecule has 0 atom stereocenters. The molecule has 2 aromatic rings. The number of hydrogen-bond donors (Lipinski definition) is 2. The molecule has 0 bridgehead atoms. The summed E-state index contributed by atoms with van der Waals surface area (Å²) < 4.78 is 111. The van der Waals surface area contributed by atoms with E-state index in [0.717, 1.165) is 64.1 Å². The molecule has 2 fully saturated rings. The normalized spacial score (nSPS) is 16.1. The Hall–Kier alpha value is -0.658. The van der Waals surface area contributed by atoms with Gasteiger partial charge in [-0.2, -0.15) is 0 Å². The minimum Gasteiger partial charge on any atom is -0.470 e. The fraction of sp³-hybridized carbons (Fsp3) is 0.643. The van der Waals surface area contributed by atoms with Gasteiger partial charge in [-0.3, -0.25) is 14.5 Å². The number of nitrogens with zero attached hydrogens (tertiary/aromatic N) is 4. The summed E-state index contributed by atoms with van der Waals surface area (Å²) in [5.41, 5.74) is 5.92.